The normalized spacial score (nSPS) is 13.4. The predicted octanol–water partition coefficient (Wildman–Crippen LogP) is 2.76. The van der Waals surface area contributed by atoms with Crippen LogP contribution in [-0.2, 0) is 5.41 Å². The van der Waals surface area contributed by atoms with Crippen LogP contribution in [0.1, 0.15) is 37.9 Å². The van der Waals surface area contributed by atoms with Crippen LogP contribution in [0.5, 0.6) is 0 Å². The van der Waals surface area contributed by atoms with E-state index < -0.39 is 0 Å². The van der Waals surface area contributed by atoms with Crippen LogP contribution in [0.3, 0.4) is 0 Å². The SMILES string of the molecule is C=CCNC(CN)c1ccc(C(C)(C)C)cc1. The summed E-state index contributed by atoms with van der Waals surface area (Å²) in [6.45, 7) is 11.7. The topological polar surface area (TPSA) is 38.0 Å². The van der Waals surface area contributed by atoms with Gasteiger partial charge >= 0.3 is 0 Å². The van der Waals surface area contributed by atoms with Crippen molar-refractivity contribution in [1.82, 2.24) is 5.32 Å². The lowest BCUT2D eigenvalue weighted by Crippen LogP contribution is -2.28. The Morgan fingerprint density at radius 3 is 2.29 bits per heavy atom. The minimum atomic E-state index is 0.200. The number of nitrogens with one attached hydrogen (secondary N) is 1. The van der Waals surface area contributed by atoms with Gasteiger partial charge in [-0.25, -0.2) is 0 Å². The van der Waals surface area contributed by atoms with Crippen LogP contribution >= 0.6 is 0 Å². The molecule has 17 heavy (non-hydrogen) atoms. The fourth-order valence-electron chi connectivity index (χ4n) is 1.78. The number of benzene rings is 1. The molecule has 0 aromatic heterocycles. The van der Waals surface area contributed by atoms with Gasteiger partial charge in [0, 0.05) is 19.1 Å². The van der Waals surface area contributed by atoms with Crippen molar-refractivity contribution in [1.29, 1.82) is 0 Å². The van der Waals surface area contributed by atoms with Gasteiger partial charge in [-0.15, -0.1) is 6.58 Å². The molecular formula is C15H24N2. The minimum absolute atomic E-state index is 0.200. The smallest absolute Gasteiger partial charge is 0.0446 e. The lowest BCUT2D eigenvalue weighted by Gasteiger charge is -2.21. The standard InChI is InChI=1S/C15H24N2/c1-5-10-17-14(11-16)12-6-8-13(9-7-12)15(2,3)4/h5-9,14,17H,1,10-11,16H2,2-4H3. The van der Waals surface area contributed by atoms with Crippen molar-refractivity contribution in [2.24, 2.45) is 5.73 Å². The molecule has 0 bridgehead atoms. The summed E-state index contributed by atoms with van der Waals surface area (Å²) in [5.74, 6) is 0. The molecular weight excluding hydrogens is 208 g/mol. The average Bonchev–Trinajstić information content (AvgIpc) is 2.29. The van der Waals surface area contributed by atoms with E-state index in [0.717, 1.165) is 6.54 Å². The fourth-order valence-corrected chi connectivity index (χ4v) is 1.78. The van der Waals surface area contributed by atoms with E-state index in [4.69, 9.17) is 5.73 Å². The molecule has 0 radical (unpaired) electrons. The number of hydrogen-bond acceptors (Lipinski definition) is 2. The zero-order valence-electron chi connectivity index (χ0n) is 11.2. The Morgan fingerprint density at radius 2 is 1.88 bits per heavy atom. The molecule has 0 aliphatic rings. The zero-order valence-corrected chi connectivity index (χ0v) is 11.2. The van der Waals surface area contributed by atoms with Crippen LogP contribution in [0.25, 0.3) is 0 Å². The zero-order chi connectivity index (χ0) is 12.9. The molecule has 1 unspecified atom stereocenters. The van der Waals surface area contributed by atoms with Gasteiger partial charge in [0.1, 0.15) is 0 Å². The molecule has 0 heterocycles. The molecule has 1 atom stereocenters. The van der Waals surface area contributed by atoms with Gasteiger partial charge in [0.15, 0.2) is 0 Å². The Morgan fingerprint density at radius 1 is 1.29 bits per heavy atom. The molecule has 1 aromatic carbocycles. The van der Waals surface area contributed by atoms with E-state index in [1.807, 2.05) is 6.08 Å². The van der Waals surface area contributed by atoms with Gasteiger partial charge in [0.05, 0.1) is 0 Å². The summed E-state index contributed by atoms with van der Waals surface area (Å²) >= 11 is 0. The summed E-state index contributed by atoms with van der Waals surface area (Å²) in [5, 5.41) is 3.35. The molecule has 0 saturated heterocycles. The van der Waals surface area contributed by atoms with Crippen molar-refractivity contribution >= 4 is 0 Å². The molecule has 0 amide bonds. The van der Waals surface area contributed by atoms with Crippen LogP contribution in [-0.4, -0.2) is 13.1 Å². The second kappa shape index (κ2) is 5.99. The number of hydrogen-bond donors (Lipinski definition) is 2. The summed E-state index contributed by atoms with van der Waals surface area (Å²) < 4.78 is 0. The Balaban J connectivity index is 2.81. The fraction of sp³-hybridized carbons (Fsp3) is 0.467. The van der Waals surface area contributed by atoms with Crippen molar-refractivity contribution in [3.05, 3.63) is 48.0 Å². The van der Waals surface area contributed by atoms with Gasteiger partial charge < -0.3 is 11.1 Å². The number of rotatable bonds is 5. The molecule has 2 nitrogen and oxygen atoms in total. The van der Waals surface area contributed by atoms with Gasteiger partial charge in [0.25, 0.3) is 0 Å². The highest BCUT2D eigenvalue weighted by Gasteiger charge is 2.14. The van der Waals surface area contributed by atoms with Crippen molar-refractivity contribution in [3.8, 4) is 0 Å². The largest absolute Gasteiger partial charge is 0.329 e. The summed E-state index contributed by atoms with van der Waals surface area (Å²) in [7, 11) is 0. The Kier molecular flexibility index (Phi) is 4.91. The van der Waals surface area contributed by atoms with Gasteiger partial charge in [-0.2, -0.15) is 0 Å². The second-order valence-corrected chi connectivity index (χ2v) is 5.36. The lowest BCUT2D eigenvalue weighted by atomic mass is 9.86. The van der Waals surface area contributed by atoms with Crippen molar-refractivity contribution in [2.45, 2.75) is 32.2 Å². The monoisotopic (exact) mass is 232 g/mol. The first-order valence-corrected chi connectivity index (χ1v) is 6.14. The van der Waals surface area contributed by atoms with Crippen LogP contribution < -0.4 is 11.1 Å². The third-order valence-electron chi connectivity index (χ3n) is 2.92. The predicted molar refractivity (Wildman–Crippen MR) is 75.1 cm³/mol. The first kappa shape index (κ1) is 13.9. The highest BCUT2D eigenvalue weighted by Crippen LogP contribution is 2.23. The van der Waals surface area contributed by atoms with E-state index in [9.17, 15) is 0 Å². The maximum atomic E-state index is 5.77. The molecule has 94 valence electrons. The summed E-state index contributed by atoms with van der Waals surface area (Å²) in [4.78, 5) is 0. The first-order chi connectivity index (χ1) is 7.99. The Hall–Kier alpha value is -1.12. The van der Waals surface area contributed by atoms with Crippen LogP contribution in [0.4, 0.5) is 0 Å². The maximum absolute atomic E-state index is 5.77. The third-order valence-corrected chi connectivity index (χ3v) is 2.92. The Labute approximate surface area is 105 Å². The van der Waals surface area contributed by atoms with E-state index in [0.29, 0.717) is 6.54 Å². The molecule has 0 fully saturated rings. The molecule has 1 aromatic rings. The van der Waals surface area contributed by atoms with Crippen molar-refractivity contribution in [2.75, 3.05) is 13.1 Å². The quantitative estimate of drug-likeness (QED) is 0.766. The van der Waals surface area contributed by atoms with Crippen molar-refractivity contribution in [3.63, 3.8) is 0 Å². The molecule has 2 heteroatoms. The van der Waals surface area contributed by atoms with Crippen LogP contribution in [0.15, 0.2) is 36.9 Å². The molecule has 0 aliphatic heterocycles. The number of nitrogens with two attached hydrogens (primary N) is 1. The second-order valence-electron chi connectivity index (χ2n) is 5.36. The van der Waals surface area contributed by atoms with E-state index in [2.05, 4.69) is 56.9 Å². The molecule has 1 rings (SSSR count). The van der Waals surface area contributed by atoms with E-state index >= 15 is 0 Å². The van der Waals surface area contributed by atoms with Gasteiger partial charge in [-0.05, 0) is 16.5 Å². The van der Waals surface area contributed by atoms with Gasteiger partial charge in [-0.3, -0.25) is 0 Å². The van der Waals surface area contributed by atoms with Crippen LogP contribution in [0, 0.1) is 0 Å². The van der Waals surface area contributed by atoms with E-state index in [-0.39, 0.29) is 11.5 Å². The molecule has 0 saturated carbocycles. The van der Waals surface area contributed by atoms with Gasteiger partial charge in [0.2, 0.25) is 0 Å². The summed E-state index contributed by atoms with van der Waals surface area (Å²) in [5.41, 5.74) is 8.56. The highest BCUT2D eigenvalue weighted by atomic mass is 14.9. The van der Waals surface area contributed by atoms with Crippen molar-refractivity contribution < 1.29 is 0 Å². The Bertz CT molecular complexity index is 346. The molecule has 3 N–H and O–H groups in total. The summed E-state index contributed by atoms with van der Waals surface area (Å²) in [6.07, 6.45) is 1.85. The summed E-state index contributed by atoms with van der Waals surface area (Å²) in [6, 6.07) is 8.91. The third kappa shape index (κ3) is 3.99. The molecule has 0 spiro atoms. The van der Waals surface area contributed by atoms with E-state index in [1.54, 1.807) is 0 Å². The maximum Gasteiger partial charge on any atom is 0.0446 e. The lowest BCUT2D eigenvalue weighted by molar-refractivity contribution is 0.571. The molecule has 0 aliphatic carbocycles. The van der Waals surface area contributed by atoms with Gasteiger partial charge in [-0.1, -0.05) is 51.1 Å². The van der Waals surface area contributed by atoms with Crippen LogP contribution in [0.2, 0.25) is 0 Å². The first-order valence-electron chi connectivity index (χ1n) is 6.14. The highest BCUT2D eigenvalue weighted by molar-refractivity contribution is 5.29. The average molecular weight is 232 g/mol. The minimum Gasteiger partial charge on any atom is -0.329 e. The van der Waals surface area contributed by atoms with E-state index in [1.165, 1.54) is 11.1 Å².